The van der Waals surface area contributed by atoms with E-state index in [4.69, 9.17) is 30.1 Å². The predicted octanol–water partition coefficient (Wildman–Crippen LogP) is 4.10. The molecule has 1 saturated heterocycles. The molecular weight excluding hydrogens is 540 g/mol. The molecule has 4 N–H and O–H groups in total. The zero-order valence-corrected chi connectivity index (χ0v) is 23.1. The van der Waals surface area contributed by atoms with Crippen LogP contribution in [0.4, 0.5) is 4.79 Å². The lowest BCUT2D eigenvalue weighted by molar-refractivity contribution is -0.170. The summed E-state index contributed by atoms with van der Waals surface area (Å²) < 4.78 is 21.3. The summed E-state index contributed by atoms with van der Waals surface area (Å²) in [7, 11) is 0. The molecule has 12 heteroatoms. The molecule has 0 radical (unpaired) electrons. The molecule has 11 nitrogen and oxygen atoms in total. The lowest BCUT2D eigenvalue weighted by Crippen LogP contribution is -2.31. The van der Waals surface area contributed by atoms with E-state index in [1.807, 2.05) is 24.3 Å². The summed E-state index contributed by atoms with van der Waals surface area (Å²) in [5.74, 6) is -0.844. The number of esters is 1. The number of halogens is 1. The van der Waals surface area contributed by atoms with E-state index >= 15 is 0 Å². The van der Waals surface area contributed by atoms with Crippen molar-refractivity contribution in [3.8, 4) is 17.0 Å². The lowest BCUT2D eigenvalue weighted by atomic mass is 9.98. The van der Waals surface area contributed by atoms with Crippen LogP contribution in [0.2, 0.25) is 0 Å². The molecular formula is C28H35ClN4O7. The molecule has 3 atom stereocenters. The van der Waals surface area contributed by atoms with Crippen LogP contribution >= 0.6 is 12.4 Å². The van der Waals surface area contributed by atoms with Crippen LogP contribution in [-0.2, 0) is 23.8 Å². The third kappa shape index (κ3) is 8.84. The van der Waals surface area contributed by atoms with E-state index < -0.39 is 24.3 Å². The second-order valence-electron chi connectivity index (χ2n) is 9.83. The molecule has 1 aliphatic carbocycles. The first kappa shape index (κ1) is 30.7. The number of rotatable bonds is 10. The summed E-state index contributed by atoms with van der Waals surface area (Å²) in [6.45, 7) is 1.68. The van der Waals surface area contributed by atoms with Crippen molar-refractivity contribution in [2.24, 2.45) is 11.7 Å². The topological polar surface area (TPSA) is 163 Å². The number of carbonyl (C=O) groups excluding carboxylic acids is 3. The number of hydrogen-bond donors (Lipinski definition) is 3. The maximum absolute atomic E-state index is 12.4. The number of carbonyl (C=O) groups is 3. The first-order chi connectivity index (χ1) is 18.8. The van der Waals surface area contributed by atoms with Crippen LogP contribution in [0.5, 0.6) is 5.75 Å². The predicted molar refractivity (Wildman–Crippen MR) is 148 cm³/mol. The maximum atomic E-state index is 12.4. The molecule has 216 valence electrons. The van der Waals surface area contributed by atoms with Gasteiger partial charge in [-0.05, 0) is 68.5 Å². The van der Waals surface area contributed by atoms with Crippen LogP contribution in [-0.4, -0.2) is 53.9 Å². The third-order valence-electron chi connectivity index (χ3n) is 6.75. The molecule has 1 saturated carbocycles. The molecule has 40 heavy (non-hydrogen) atoms. The summed E-state index contributed by atoms with van der Waals surface area (Å²) in [4.78, 5) is 41.0. The van der Waals surface area contributed by atoms with Crippen molar-refractivity contribution in [2.75, 3.05) is 6.61 Å². The van der Waals surface area contributed by atoms with Gasteiger partial charge in [-0.1, -0.05) is 6.42 Å². The molecule has 0 bridgehead atoms. The van der Waals surface area contributed by atoms with Gasteiger partial charge in [0.15, 0.2) is 0 Å². The Morgan fingerprint density at radius 1 is 1.10 bits per heavy atom. The maximum Gasteiger partial charge on any atom is 0.511 e. The number of nitrogens with zero attached hydrogens (tertiary/aromatic N) is 1. The molecule has 2 aromatic rings. The van der Waals surface area contributed by atoms with Crippen LogP contribution < -0.4 is 15.8 Å². The van der Waals surface area contributed by atoms with Gasteiger partial charge in [-0.2, -0.15) is 0 Å². The largest absolute Gasteiger partial charge is 0.511 e. The van der Waals surface area contributed by atoms with E-state index in [-0.39, 0.29) is 49.3 Å². The van der Waals surface area contributed by atoms with Crippen LogP contribution in [0.3, 0.4) is 0 Å². The van der Waals surface area contributed by atoms with Crippen LogP contribution in [0, 0.1) is 11.3 Å². The van der Waals surface area contributed by atoms with Gasteiger partial charge in [0.25, 0.3) is 0 Å². The minimum Gasteiger partial charge on any atom is -0.491 e. The minimum atomic E-state index is -1.11. The van der Waals surface area contributed by atoms with Crippen LogP contribution in [0.1, 0.15) is 57.4 Å². The Labute approximate surface area is 239 Å². The highest BCUT2D eigenvalue weighted by Crippen LogP contribution is 2.24. The standard InChI is InChI=1S/C28H34N4O7.ClH/c1-17(38-28(35)39-23-5-3-2-4-6-23)37-25(33)14-20-13-21(32-27(20)34)16-36-22-10-7-18(8-11-22)24-12-9-19(15-31-24)26(29)30;/h7-12,15,17,20-21,23H,2-6,13-14,16H2,1H3,(H3,29,30)(H,32,34);1H/t17?,20-,21-;/m0./s1. The van der Waals surface area contributed by atoms with E-state index in [1.165, 1.54) is 6.92 Å². The van der Waals surface area contributed by atoms with E-state index in [2.05, 4.69) is 10.3 Å². The van der Waals surface area contributed by atoms with Crippen molar-refractivity contribution in [2.45, 2.75) is 70.3 Å². The number of nitrogens with one attached hydrogen (secondary N) is 2. The summed E-state index contributed by atoms with van der Waals surface area (Å²) >= 11 is 0. The molecule has 2 aliphatic rings. The highest BCUT2D eigenvalue weighted by molar-refractivity contribution is 5.94. The number of aromatic nitrogens is 1. The Morgan fingerprint density at radius 3 is 2.48 bits per heavy atom. The fraction of sp³-hybridized carbons (Fsp3) is 0.464. The number of amides is 1. The van der Waals surface area contributed by atoms with Gasteiger partial charge in [-0.25, -0.2) is 4.79 Å². The molecule has 2 fully saturated rings. The summed E-state index contributed by atoms with van der Waals surface area (Å²) in [6, 6.07) is 10.6. The van der Waals surface area contributed by atoms with E-state index in [0.717, 1.165) is 43.4 Å². The normalized spacial score (nSPS) is 19.5. The molecule has 1 aliphatic heterocycles. The van der Waals surface area contributed by atoms with Crippen molar-refractivity contribution in [1.29, 1.82) is 5.41 Å². The fourth-order valence-corrected chi connectivity index (χ4v) is 4.70. The zero-order chi connectivity index (χ0) is 27.8. The SMILES string of the molecule is CC(OC(=O)C[C@@H]1C[C@@H](COc2ccc(-c3ccc(C(=N)N)cn3)cc2)NC1=O)OC(=O)OC1CCCCC1.Cl. The number of pyridine rings is 1. The number of benzene rings is 1. The Bertz CT molecular complexity index is 1170. The van der Waals surface area contributed by atoms with Crippen molar-refractivity contribution < 1.29 is 33.3 Å². The first-order valence-corrected chi connectivity index (χ1v) is 13.2. The summed E-state index contributed by atoms with van der Waals surface area (Å²) in [5, 5.41) is 10.3. The Kier molecular flexibility index (Phi) is 11.1. The molecule has 1 aromatic carbocycles. The lowest BCUT2D eigenvalue weighted by Gasteiger charge is -2.22. The quantitative estimate of drug-likeness (QED) is 0.164. The number of hydrogen-bond acceptors (Lipinski definition) is 9. The van der Waals surface area contributed by atoms with Crippen molar-refractivity contribution in [1.82, 2.24) is 10.3 Å². The van der Waals surface area contributed by atoms with Gasteiger partial charge in [0.1, 0.15) is 24.3 Å². The Hall–Kier alpha value is -3.86. The minimum absolute atomic E-state index is 0. The van der Waals surface area contributed by atoms with Gasteiger partial charge >= 0.3 is 12.1 Å². The monoisotopic (exact) mass is 574 g/mol. The number of nitrogen functional groups attached to an aromatic ring is 1. The molecule has 1 unspecified atom stereocenters. The van der Waals surface area contributed by atoms with Gasteiger partial charge in [0.05, 0.1) is 24.1 Å². The summed E-state index contributed by atoms with van der Waals surface area (Å²) in [6.07, 6.45) is 4.51. The summed E-state index contributed by atoms with van der Waals surface area (Å²) in [5.41, 5.74) is 7.64. The number of ether oxygens (including phenoxy) is 4. The highest BCUT2D eigenvalue weighted by Gasteiger charge is 2.35. The number of nitrogens with two attached hydrogens (primary N) is 1. The van der Waals surface area contributed by atoms with E-state index in [1.54, 1.807) is 18.3 Å². The smallest absolute Gasteiger partial charge is 0.491 e. The molecule has 4 rings (SSSR count). The number of amidine groups is 1. The highest BCUT2D eigenvalue weighted by atomic mass is 35.5. The van der Waals surface area contributed by atoms with Gasteiger partial charge in [0.2, 0.25) is 12.2 Å². The van der Waals surface area contributed by atoms with Gasteiger partial charge < -0.3 is 30.0 Å². The van der Waals surface area contributed by atoms with Crippen LogP contribution in [0.15, 0.2) is 42.6 Å². The van der Waals surface area contributed by atoms with Gasteiger partial charge in [-0.15, -0.1) is 12.4 Å². The van der Waals surface area contributed by atoms with Gasteiger partial charge in [-0.3, -0.25) is 20.0 Å². The molecule has 1 aromatic heterocycles. The van der Waals surface area contributed by atoms with Crippen molar-refractivity contribution >= 4 is 36.3 Å². The average Bonchev–Trinajstić information content (AvgIpc) is 3.26. The second kappa shape index (κ2) is 14.5. The van der Waals surface area contributed by atoms with Gasteiger partial charge in [0, 0.05) is 24.2 Å². The molecule has 0 spiro atoms. The Morgan fingerprint density at radius 2 is 1.82 bits per heavy atom. The molecule has 1 amide bonds. The van der Waals surface area contributed by atoms with E-state index in [0.29, 0.717) is 17.7 Å². The Balaban J connectivity index is 0.00000441. The van der Waals surface area contributed by atoms with Crippen molar-refractivity contribution in [3.05, 3.63) is 48.2 Å². The second-order valence-corrected chi connectivity index (χ2v) is 9.83. The van der Waals surface area contributed by atoms with Crippen LogP contribution in [0.25, 0.3) is 11.3 Å². The van der Waals surface area contributed by atoms with E-state index in [9.17, 15) is 14.4 Å². The molecule has 2 heterocycles. The first-order valence-electron chi connectivity index (χ1n) is 13.2. The zero-order valence-electron chi connectivity index (χ0n) is 22.3. The third-order valence-corrected chi connectivity index (χ3v) is 6.75. The van der Waals surface area contributed by atoms with Crippen molar-refractivity contribution in [3.63, 3.8) is 0 Å². The fourth-order valence-electron chi connectivity index (χ4n) is 4.70. The average molecular weight is 575 g/mol.